The molecular weight excluding hydrogens is 388 g/mol. The van der Waals surface area contributed by atoms with Crippen molar-refractivity contribution in [2.45, 2.75) is 52.2 Å². The van der Waals surface area contributed by atoms with Crippen LogP contribution in [0.1, 0.15) is 49.5 Å². The molecule has 0 bridgehead atoms. The lowest BCUT2D eigenvalue weighted by molar-refractivity contribution is -0.132. The van der Waals surface area contributed by atoms with Crippen molar-refractivity contribution in [2.24, 2.45) is 11.8 Å². The minimum absolute atomic E-state index is 0.0403. The molecule has 0 saturated heterocycles. The van der Waals surface area contributed by atoms with Gasteiger partial charge in [0, 0.05) is 26.3 Å². The van der Waals surface area contributed by atoms with Crippen LogP contribution in [-0.4, -0.2) is 35.2 Å². The number of hydrogen-bond donors (Lipinski definition) is 1. The third kappa shape index (κ3) is 5.79. The highest BCUT2D eigenvalue weighted by Crippen LogP contribution is 2.43. The van der Waals surface area contributed by atoms with Gasteiger partial charge in [-0.15, -0.1) is 0 Å². The Morgan fingerprint density at radius 2 is 1.77 bits per heavy atom. The second-order valence-electron chi connectivity index (χ2n) is 7.80. The first-order valence-electron chi connectivity index (χ1n) is 10.0. The summed E-state index contributed by atoms with van der Waals surface area (Å²) in [6.07, 6.45) is 7.98. The van der Waals surface area contributed by atoms with Gasteiger partial charge in [-0.05, 0) is 43.2 Å². The average Bonchev–Trinajstić information content (AvgIpc) is 3.34. The van der Waals surface area contributed by atoms with E-state index in [9.17, 15) is 19.5 Å². The fraction of sp³-hybridized carbons (Fsp3) is 0.435. The Hall–Kier alpha value is -2.93. The van der Waals surface area contributed by atoms with Crippen LogP contribution in [0.3, 0.4) is 0 Å². The van der Waals surface area contributed by atoms with Crippen LogP contribution >= 0.6 is 0 Å². The molecule has 0 radical (unpaired) electrons. The lowest BCUT2D eigenvalue weighted by Crippen LogP contribution is -2.21. The first kappa shape index (κ1) is 21.8. The normalized spacial score (nSPS) is 28.1. The van der Waals surface area contributed by atoms with Gasteiger partial charge in [-0.1, -0.05) is 24.3 Å². The maximum absolute atomic E-state index is 13.0. The topological polar surface area (TPSA) is 99.1 Å². The first-order chi connectivity index (χ1) is 14.2. The Bertz CT molecular complexity index is 899. The van der Waals surface area contributed by atoms with E-state index >= 15 is 0 Å². The van der Waals surface area contributed by atoms with Crippen LogP contribution in [0, 0.1) is 11.8 Å². The van der Waals surface area contributed by atoms with Crippen LogP contribution < -0.4 is 9.47 Å². The second kappa shape index (κ2) is 9.26. The molecule has 0 amide bonds. The van der Waals surface area contributed by atoms with E-state index in [-0.39, 0.29) is 29.6 Å². The van der Waals surface area contributed by atoms with E-state index in [0.717, 1.165) is 12.8 Å². The zero-order valence-corrected chi connectivity index (χ0v) is 17.3. The minimum Gasteiger partial charge on any atom is -0.459 e. The highest BCUT2D eigenvalue weighted by atomic mass is 16.6. The van der Waals surface area contributed by atoms with Crippen molar-refractivity contribution in [1.29, 1.82) is 0 Å². The van der Waals surface area contributed by atoms with Gasteiger partial charge in [0.15, 0.2) is 0 Å². The van der Waals surface area contributed by atoms with Crippen LogP contribution in [0.2, 0.25) is 0 Å². The van der Waals surface area contributed by atoms with Crippen molar-refractivity contribution in [1.82, 2.24) is 0 Å². The molecule has 3 rings (SSSR count). The van der Waals surface area contributed by atoms with Crippen LogP contribution in [0.4, 0.5) is 0 Å². The molecule has 4 atom stereocenters. The number of fused-ring (bicyclic) bond motifs is 2. The molecule has 1 heterocycles. The number of allylic oxidation sites excluding steroid dienone is 3. The molecule has 160 valence electrons. The Morgan fingerprint density at radius 1 is 1.07 bits per heavy atom. The molecule has 1 aliphatic carbocycles. The summed E-state index contributed by atoms with van der Waals surface area (Å²) in [7, 11) is 0. The molecule has 2 aliphatic rings. The van der Waals surface area contributed by atoms with Gasteiger partial charge in [0.2, 0.25) is 0 Å². The molecule has 7 nitrogen and oxygen atoms in total. The molecular formula is C23H26O7. The number of esters is 3. The van der Waals surface area contributed by atoms with Crippen molar-refractivity contribution < 1.29 is 33.7 Å². The second-order valence-corrected chi connectivity index (χ2v) is 7.80. The number of ether oxygens (including phenoxy) is 3. The summed E-state index contributed by atoms with van der Waals surface area (Å²) in [6.45, 7) is 4.28. The first-order valence-corrected chi connectivity index (χ1v) is 10.0. The molecule has 1 aromatic rings. The molecule has 1 saturated carbocycles. The van der Waals surface area contributed by atoms with Crippen LogP contribution in [0.15, 0.2) is 36.4 Å². The number of benzene rings is 1. The molecule has 7 heteroatoms. The molecule has 30 heavy (non-hydrogen) atoms. The van der Waals surface area contributed by atoms with Gasteiger partial charge in [0.1, 0.15) is 17.1 Å². The monoisotopic (exact) mass is 414 g/mol. The van der Waals surface area contributed by atoms with E-state index in [1.54, 1.807) is 12.2 Å². The van der Waals surface area contributed by atoms with Gasteiger partial charge in [0.05, 0.1) is 12.2 Å². The molecule has 1 N–H and O–H groups in total. The van der Waals surface area contributed by atoms with Gasteiger partial charge in [-0.2, -0.15) is 0 Å². The predicted molar refractivity (Wildman–Crippen MR) is 108 cm³/mol. The van der Waals surface area contributed by atoms with Gasteiger partial charge < -0.3 is 19.3 Å². The van der Waals surface area contributed by atoms with Crippen LogP contribution in [-0.2, 0) is 20.7 Å². The zero-order chi connectivity index (χ0) is 21.8. The van der Waals surface area contributed by atoms with Crippen molar-refractivity contribution in [3.05, 3.63) is 47.6 Å². The van der Waals surface area contributed by atoms with E-state index in [4.69, 9.17) is 14.2 Å². The SMILES string of the molecule is CC(=O)Oc1cc2c(c(OC(C)=O)c1)C(=O)O[C@H](C)C[C@H]1C[C@@H]1/C=C\C=C\[C@H](O)C2. The van der Waals surface area contributed by atoms with E-state index in [2.05, 4.69) is 6.08 Å². The van der Waals surface area contributed by atoms with Crippen molar-refractivity contribution in [3.8, 4) is 11.5 Å². The number of cyclic esters (lactones) is 1. The average molecular weight is 414 g/mol. The van der Waals surface area contributed by atoms with Gasteiger partial charge in [-0.3, -0.25) is 9.59 Å². The third-order valence-corrected chi connectivity index (χ3v) is 5.03. The van der Waals surface area contributed by atoms with Gasteiger partial charge in [0.25, 0.3) is 0 Å². The van der Waals surface area contributed by atoms with Crippen LogP contribution in [0.25, 0.3) is 0 Å². The summed E-state index contributed by atoms with van der Waals surface area (Å²) in [5.41, 5.74) is 0.394. The van der Waals surface area contributed by atoms with Crippen molar-refractivity contribution in [2.75, 3.05) is 0 Å². The van der Waals surface area contributed by atoms with Crippen LogP contribution in [0.5, 0.6) is 11.5 Å². The summed E-state index contributed by atoms with van der Waals surface area (Å²) in [6, 6.07) is 2.78. The number of carbonyl (C=O) groups is 3. The lowest BCUT2D eigenvalue weighted by atomic mass is 9.99. The highest BCUT2D eigenvalue weighted by molar-refractivity contribution is 5.95. The molecule has 0 aromatic heterocycles. The molecule has 0 spiro atoms. The number of carbonyl (C=O) groups excluding carboxylic acids is 3. The van der Waals surface area contributed by atoms with Crippen molar-refractivity contribution >= 4 is 17.9 Å². The number of aliphatic hydroxyl groups is 1. The molecule has 1 aliphatic heterocycles. The predicted octanol–water partition coefficient (Wildman–Crippen LogP) is 3.14. The quantitative estimate of drug-likeness (QED) is 0.586. The van der Waals surface area contributed by atoms with E-state index in [1.807, 2.05) is 13.0 Å². The maximum atomic E-state index is 13.0. The minimum atomic E-state index is -0.908. The molecule has 0 unspecified atom stereocenters. The standard InChI is InChI=1S/C23H26O7/c1-13-8-17-9-16(17)6-4-5-7-19(26)10-18-11-20(29-14(2)24)12-21(30-15(3)25)22(18)23(27)28-13/h4-7,11-13,16-17,19,26H,8-10H2,1-3H3/b6-4-,7-5+/t13-,16+,17+,19+/m1/s1. The van der Waals surface area contributed by atoms with Gasteiger partial charge >= 0.3 is 17.9 Å². The van der Waals surface area contributed by atoms with E-state index in [0.29, 0.717) is 17.4 Å². The fourth-order valence-corrected chi connectivity index (χ4v) is 3.68. The number of hydrogen-bond acceptors (Lipinski definition) is 7. The highest BCUT2D eigenvalue weighted by Gasteiger charge is 2.36. The summed E-state index contributed by atoms with van der Waals surface area (Å²) in [5, 5.41) is 10.4. The Labute approximate surface area is 175 Å². The van der Waals surface area contributed by atoms with Crippen molar-refractivity contribution in [3.63, 3.8) is 0 Å². The number of rotatable bonds is 2. The summed E-state index contributed by atoms with van der Waals surface area (Å²) < 4.78 is 16.0. The van der Waals surface area contributed by atoms with E-state index < -0.39 is 24.0 Å². The Morgan fingerprint density at radius 3 is 2.47 bits per heavy atom. The van der Waals surface area contributed by atoms with Gasteiger partial charge in [-0.25, -0.2) is 4.79 Å². The molecule has 1 fully saturated rings. The van der Waals surface area contributed by atoms with E-state index in [1.165, 1.54) is 26.0 Å². The summed E-state index contributed by atoms with van der Waals surface area (Å²) >= 11 is 0. The zero-order valence-electron chi connectivity index (χ0n) is 17.3. The summed E-state index contributed by atoms with van der Waals surface area (Å²) in [4.78, 5) is 36.0. The largest absolute Gasteiger partial charge is 0.459 e. The summed E-state index contributed by atoms with van der Waals surface area (Å²) in [5.74, 6) is -0.911. The lowest BCUT2D eigenvalue weighted by Gasteiger charge is -2.19. The number of aliphatic hydroxyl groups excluding tert-OH is 1. The maximum Gasteiger partial charge on any atom is 0.342 e. The Kier molecular flexibility index (Phi) is 6.72. The molecule has 1 aromatic carbocycles. The fourth-order valence-electron chi connectivity index (χ4n) is 3.68. The smallest absolute Gasteiger partial charge is 0.342 e. The Balaban J connectivity index is 2.05. The third-order valence-electron chi connectivity index (χ3n) is 5.03.